The first-order valence-corrected chi connectivity index (χ1v) is 4.05. The lowest BCUT2D eigenvalue weighted by Crippen LogP contribution is -1.94. The van der Waals surface area contributed by atoms with E-state index in [1.807, 2.05) is 24.3 Å². The Kier molecular flexibility index (Phi) is 1.89. The third-order valence-corrected chi connectivity index (χ3v) is 1.96. The molecule has 2 heteroatoms. The van der Waals surface area contributed by atoms with E-state index in [0.29, 0.717) is 11.4 Å². The number of fused-ring (bicyclic) bond motifs is 1. The van der Waals surface area contributed by atoms with Crippen molar-refractivity contribution < 1.29 is 0 Å². The molecule has 0 amide bonds. The van der Waals surface area contributed by atoms with E-state index >= 15 is 0 Å². The van der Waals surface area contributed by atoms with Crippen LogP contribution in [0.3, 0.4) is 0 Å². The van der Waals surface area contributed by atoms with Gasteiger partial charge >= 0.3 is 0 Å². The van der Waals surface area contributed by atoms with Crippen LogP contribution in [0.25, 0.3) is 10.8 Å². The van der Waals surface area contributed by atoms with Crippen molar-refractivity contribution in [3.63, 3.8) is 0 Å². The van der Waals surface area contributed by atoms with Gasteiger partial charge < -0.3 is 0 Å². The van der Waals surface area contributed by atoms with Gasteiger partial charge in [0.15, 0.2) is 0 Å². The van der Waals surface area contributed by atoms with E-state index in [-0.39, 0.29) is 0 Å². The van der Waals surface area contributed by atoms with Gasteiger partial charge in [-0.25, -0.2) is 0 Å². The van der Waals surface area contributed by atoms with Crippen LogP contribution < -0.4 is 0 Å². The maximum atomic E-state index is 5.30. The quantitative estimate of drug-likeness (QED) is 0.572. The van der Waals surface area contributed by atoms with Gasteiger partial charge in [-0.1, -0.05) is 24.3 Å². The fourth-order valence-corrected chi connectivity index (χ4v) is 1.32. The molecule has 2 nitrogen and oxygen atoms in total. The summed E-state index contributed by atoms with van der Waals surface area (Å²) in [5, 5.41) is 9.48. The summed E-state index contributed by atoms with van der Waals surface area (Å²) in [7, 11) is 0. The van der Waals surface area contributed by atoms with Gasteiger partial charge in [0.05, 0.1) is 0 Å². The summed E-state index contributed by atoms with van der Waals surface area (Å²) in [5.41, 5.74) is 1.05. The molecular weight excluding hydrogens is 172 g/mol. The molecule has 0 aliphatic rings. The van der Waals surface area contributed by atoms with E-state index in [9.17, 15) is 0 Å². The first-order valence-electron chi connectivity index (χ1n) is 4.05. The second-order valence-corrected chi connectivity index (χ2v) is 2.73. The van der Waals surface area contributed by atoms with Gasteiger partial charge in [-0.2, -0.15) is 0 Å². The lowest BCUT2D eigenvalue weighted by atomic mass is 10.1. The highest BCUT2D eigenvalue weighted by Crippen LogP contribution is 2.17. The summed E-state index contributed by atoms with van der Waals surface area (Å²) < 4.78 is 0. The fourth-order valence-electron chi connectivity index (χ4n) is 1.32. The Morgan fingerprint density at radius 2 is 1.29 bits per heavy atom. The van der Waals surface area contributed by atoms with Crippen LogP contribution in [-0.2, 0) is 0 Å². The normalized spacial score (nSPS) is 9.29. The average molecular weight is 178 g/mol. The highest BCUT2D eigenvalue weighted by molar-refractivity contribution is 5.89. The van der Waals surface area contributed by atoms with Crippen LogP contribution in [-0.4, -0.2) is 10.2 Å². The molecule has 0 aliphatic heterocycles. The van der Waals surface area contributed by atoms with E-state index in [1.165, 1.54) is 0 Å². The number of nitrogens with zero attached hydrogens (tertiary/aromatic N) is 2. The van der Waals surface area contributed by atoms with Gasteiger partial charge in [-0.15, -0.1) is 23.0 Å². The smallest absolute Gasteiger partial charge is 0.140 e. The number of benzene rings is 1. The third-order valence-electron chi connectivity index (χ3n) is 1.96. The molecule has 0 N–H and O–H groups in total. The van der Waals surface area contributed by atoms with Crippen molar-refractivity contribution in [1.29, 1.82) is 0 Å². The maximum absolute atomic E-state index is 5.30. The van der Waals surface area contributed by atoms with E-state index in [4.69, 9.17) is 12.8 Å². The molecule has 1 heterocycles. The minimum Gasteiger partial charge on any atom is -0.140 e. The monoisotopic (exact) mass is 178 g/mol. The molecule has 0 spiro atoms. The van der Waals surface area contributed by atoms with E-state index in [2.05, 4.69) is 22.0 Å². The third kappa shape index (κ3) is 1.11. The van der Waals surface area contributed by atoms with Gasteiger partial charge in [0.25, 0.3) is 0 Å². The number of terminal acetylenes is 2. The van der Waals surface area contributed by atoms with Crippen molar-refractivity contribution in [2.75, 3.05) is 0 Å². The van der Waals surface area contributed by atoms with Crippen LogP contribution >= 0.6 is 0 Å². The van der Waals surface area contributed by atoms with Crippen LogP contribution in [0.1, 0.15) is 11.4 Å². The Bertz CT molecular complexity index is 518. The largest absolute Gasteiger partial charge is 0.143 e. The van der Waals surface area contributed by atoms with Crippen molar-refractivity contribution in [3.8, 4) is 24.7 Å². The molecule has 0 fully saturated rings. The number of hydrogen-bond donors (Lipinski definition) is 0. The second kappa shape index (κ2) is 3.20. The highest BCUT2D eigenvalue weighted by Gasteiger charge is 2.04. The molecule has 0 unspecified atom stereocenters. The maximum Gasteiger partial charge on any atom is 0.143 e. The minimum absolute atomic E-state index is 0.527. The summed E-state index contributed by atoms with van der Waals surface area (Å²) in [6.07, 6.45) is 10.6. The molecule has 1 aromatic carbocycles. The lowest BCUT2D eigenvalue weighted by molar-refractivity contribution is 1.02. The molecule has 0 atom stereocenters. The van der Waals surface area contributed by atoms with Crippen molar-refractivity contribution in [3.05, 3.63) is 35.7 Å². The fraction of sp³-hybridized carbons (Fsp3) is 0. The SMILES string of the molecule is C#Cc1nnc(C#C)c2ccccc12. The molecule has 0 saturated carbocycles. The second-order valence-electron chi connectivity index (χ2n) is 2.73. The number of rotatable bonds is 0. The lowest BCUT2D eigenvalue weighted by Gasteiger charge is -2.00. The summed E-state index contributed by atoms with van der Waals surface area (Å²) >= 11 is 0. The van der Waals surface area contributed by atoms with Gasteiger partial charge in [0.1, 0.15) is 11.4 Å². The molecular formula is C12H6N2. The Labute approximate surface area is 82.0 Å². The summed E-state index contributed by atoms with van der Waals surface area (Å²) in [6.45, 7) is 0. The van der Waals surface area contributed by atoms with Crippen LogP contribution in [0.5, 0.6) is 0 Å². The molecule has 1 aromatic heterocycles. The molecule has 0 saturated heterocycles. The predicted molar refractivity (Wildman–Crippen MR) is 55.4 cm³/mol. The predicted octanol–water partition coefficient (Wildman–Crippen LogP) is 1.59. The van der Waals surface area contributed by atoms with E-state index < -0.39 is 0 Å². The van der Waals surface area contributed by atoms with Gasteiger partial charge in [0, 0.05) is 10.8 Å². The van der Waals surface area contributed by atoms with Crippen molar-refractivity contribution in [1.82, 2.24) is 10.2 Å². The average Bonchev–Trinajstić information content (AvgIpc) is 2.27. The Morgan fingerprint density at radius 1 is 0.857 bits per heavy atom. The van der Waals surface area contributed by atoms with Gasteiger partial charge in [-0.05, 0) is 11.8 Å². The van der Waals surface area contributed by atoms with Crippen LogP contribution in [0.4, 0.5) is 0 Å². The molecule has 0 radical (unpaired) electrons. The Hall–Kier alpha value is -2.32. The zero-order valence-electron chi connectivity index (χ0n) is 7.36. The van der Waals surface area contributed by atoms with Crippen molar-refractivity contribution in [2.24, 2.45) is 0 Å². The van der Waals surface area contributed by atoms with Crippen LogP contribution in [0, 0.1) is 24.7 Å². The standard InChI is InChI=1S/C12H6N2/c1-3-11-9-7-5-6-8-10(9)12(4-2)14-13-11/h1-2,5-8H. The van der Waals surface area contributed by atoms with Crippen LogP contribution in [0.15, 0.2) is 24.3 Å². The Balaban J connectivity index is 2.96. The molecule has 14 heavy (non-hydrogen) atoms. The zero-order valence-corrected chi connectivity index (χ0v) is 7.36. The highest BCUT2D eigenvalue weighted by atomic mass is 15.1. The van der Waals surface area contributed by atoms with Crippen molar-refractivity contribution in [2.45, 2.75) is 0 Å². The molecule has 0 bridgehead atoms. The van der Waals surface area contributed by atoms with Crippen molar-refractivity contribution >= 4 is 10.8 Å². The van der Waals surface area contributed by atoms with E-state index in [0.717, 1.165) is 10.8 Å². The van der Waals surface area contributed by atoms with E-state index in [1.54, 1.807) is 0 Å². The van der Waals surface area contributed by atoms with Gasteiger partial charge in [0.2, 0.25) is 0 Å². The minimum atomic E-state index is 0.527. The van der Waals surface area contributed by atoms with Gasteiger partial charge in [-0.3, -0.25) is 0 Å². The number of hydrogen-bond acceptors (Lipinski definition) is 2. The topological polar surface area (TPSA) is 25.8 Å². The summed E-state index contributed by atoms with van der Waals surface area (Å²) in [4.78, 5) is 0. The number of aromatic nitrogens is 2. The molecule has 0 aliphatic carbocycles. The molecule has 2 aromatic rings. The Morgan fingerprint density at radius 3 is 1.64 bits per heavy atom. The first kappa shape index (κ1) is 8.29. The summed E-state index contributed by atoms with van der Waals surface area (Å²) in [6, 6.07) is 7.57. The summed E-state index contributed by atoms with van der Waals surface area (Å²) in [5.74, 6) is 4.96. The molecule has 64 valence electrons. The van der Waals surface area contributed by atoms with Crippen LogP contribution in [0.2, 0.25) is 0 Å². The zero-order chi connectivity index (χ0) is 9.97. The molecule has 2 rings (SSSR count). The first-order chi connectivity index (χ1) is 6.86.